The highest BCUT2D eigenvalue weighted by atomic mass is 32.2. The van der Waals surface area contributed by atoms with E-state index >= 15 is 0 Å². The standard InChI is InChI=1S/C10H13N3O3S/c1-7(6-14)13-17(15,16)10-3-2-9(12)4-8(10)5-11/h2-4,7,13-14H,6,12H2,1H3. The fourth-order valence-electron chi connectivity index (χ4n) is 1.23. The highest BCUT2D eigenvalue weighted by Crippen LogP contribution is 2.18. The van der Waals surface area contributed by atoms with Crippen molar-refractivity contribution in [2.75, 3.05) is 12.3 Å². The predicted molar refractivity (Wildman–Crippen MR) is 62.4 cm³/mol. The number of nitrogens with one attached hydrogen (secondary N) is 1. The molecule has 0 bridgehead atoms. The monoisotopic (exact) mass is 255 g/mol. The lowest BCUT2D eigenvalue weighted by Crippen LogP contribution is -2.35. The molecule has 1 unspecified atom stereocenters. The minimum absolute atomic E-state index is 0.0253. The first-order valence-corrected chi connectivity index (χ1v) is 6.32. The van der Waals surface area contributed by atoms with Crippen molar-refractivity contribution < 1.29 is 13.5 Å². The van der Waals surface area contributed by atoms with Crippen molar-refractivity contribution in [2.24, 2.45) is 0 Å². The van der Waals surface area contributed by atoms with Gasteiger partial charge in [-0.25, -0.2) is 13.1 Å². The summed E-state index contributed by atoms with van der Waals surface area (Å²) in [7, 11) is -3.82. The summed E-state index contributed by atoms with van der Waals surface area (Å²) < 4.78 is 26.0. The molecule has 0 radical (unpaired) electrons. The van der Waals surface area contributed by atoms with Gasteiger partial charge in [0.05, 0.1) is 17.1 Å². The number of hydrogen-bond acceptors (Lipinski definition) is 5. The van der Waals surface area contributed by atoms with Gasteiger partial charge in [0.2, 0.25) is 10.0 Å². The van der Waals surface area contributed by atoms with Crippen LogP contribution in [-0.4, -0.2) is 26.2 Å². The Morgan fingerprint density at radius 2 is 2.24 bits per heavy atom. The van der Waals surface area contributed by atoms with Crippen LogP contribution in [0.3, 0.4) is 0 Å². The number of benzene rings is 1. The third-order valence-electron chi connectivity index (χ3n) is 2.04. The molecule has 4 N–H and O–H groups in total. The molecule has 0 amide bonds. The SMILES string of the molecule is CC(CO)NS(=O)(=O)c1ccc(N)cc1C#N. The van der Waals surface area contributed by atoms with Crippen LogP contribution >= 0.6 is 0 Å². The molecule has 0 heterocycles. The number of nitrogen functional groups attached to an aromatic ring is 1. The molecule has 0 aliphatic heterocycles. The second-order valence-corrected chi connectivity index (χ2v) is 5.25. The van der Waals surface area contributed by atoms with Gasteiger partial charge in [-0.1, -0.05) is 0 Å². The van der Waals surface area contributed by atoms with E-state index in [0.29, 0.717) is 5.69 Å². The largest absolute Gasteiger partial charge is 0.399 e. The van der Waals surface area contributed by atoms with Crippen LogP contribution in [0.5, 0.6) is 0 Å². The zero-order valence-corrected chi connectivity index (χ0v) is 10.0. The summed E-state index contributed by atoms with van der Waals surface area (Å²) in [5.41, 5.74) is 5.76. The molecule has 92 valence electrons. The Hall–Kier alpha value is -1.62. The van der Waals surface area contributed by atoms with Crippen LogP contribution in [0, 0.1) is 11.3 Å². The molecule has 1 aromatic carbocycles. The van der Waals surface area contributed by atoms with Crippen LogP contribution in [0.4, 0.5) is 5.69 Å². The van der Waals surface area contributed by atoms with Gasteiger partial charge >= 0.3 is 0 Å². The van der Waals surface area contributed by atoms with Gasteiger partial charge in [0.25, 0.3) is 0 Å². The molecule has 7 heteroatoms. The van der Waals surface area contributed by atoms with Crippen molar-refractivity contribution in [3.8, 4) is 6.07 Å². The second-order valence-electron chi connectivity index (χ2n) is 3.57. The molecular formula is C10H13N3O3S. The third-order valence-corrected chi connectivity index (χ3v) is 3.69. The van der Waals surface area contributed by atoms with Crippen molar-refractivity contribution in [3.63, 3.8) is 0 Å². The van der Waals surface area contributed by atoms with Crippen LogP contribution < -0.4 is 10.5 Å². The van der Waals surface area contributed by atoms with Crippen LogP contribution in [-0.2, 0) is 10.0 Å². The highest BCUT2D eigenvalue weighted by molar-refractivity contribution is 7.89. The summed E-state index contributed by atoms with van der Waals surface area (Å²) >= 11 is 0. The van der Waals surface area contributed by atoms with Crippen molar-refractivity contribution >= 4 is 15.7 Å². The first-order valence-electron chi connectivity index (χ1n) is 4.83. The zero-order valence-electron chi connectivity index (χ0n) is 9.21. The minimum atomic E-state index is -3.82. The lowest BCUT2D eigenvalue weighted by molar-refractivity contribution is 0.265. The molecule has 6 nitrogen and oxygen atoms in total. The van der Waals surface area contributed by atoms with Gasteiger partial charge in [-0.2, -0.15) is 5.26 Å². The number of nitriles is 1. The van der Waals surface area contributed by atoms with E-state index in [4.69, 9.17) is 16.1 Å². The first kappa shape index (κ1) is 13.4. The smallest absolute Gasteiger partial charge is 0.242 e. The Bertz CT molecular complexity index is 548. The number of anilines is 1. The summed E-state index contributed by atoms with van der Waals surface area (Å²) in [6, 6.07) is 5.11. The van der Waals surface area contributed by atoms with Gasteiger partial charge in [0.1, 0.15) is 6.07 Å². The molecule has 0 aliphatic rings. The summed E-state index contributed by atoms with van der Waals surface area (Å²) in [6.07, 6.45) is 0. The highest BCUT2D eigenvalue weighted by Gasteiger charge is 2.20. The number of aliphatic hydroxyl groups is 1. The van der Waals surface area contributed by atoms with Crippen molar-refractivity contribution in [1.82, 2.24) is 4.72 Å². The molecule has 0 spiro atoms. The average molecular weight is 255 g/mol. The Labute approximate surface area is 99.7 Å². The molecule has 0 aliphatic carbocycles. The maximum absolute atomic E-state index is 11.9. The quantitative estimate of drug-likeness (QED) is 0.644. The summed E-state index contributed by atoms with van der Waals surface area (Å²) in [6.45, 7) is 1.19. The maximum Gasteiger partial charge on any atom is 0.242 e. The van der Waals surface area contributed by atoms with E-state index in [1.165, 1.54) is 25.1 Å². The van der Waals surface area contributed by atoms with Crippen LogP contribution in [0.15, 0.2) is 23.1 Å². The van der Waals surface area contributed by atoms with Crippen LogP contribution in [0.1, 0.15) is 12.5 Å². The number of nitrogens with two attached hydrogens (primary N) is 1. The minimum Gasteiger partial charge on any atom is -0.399 e. The number of aliphatic hydroxyl groups excluding tert-OH is 1. The zero-order chi connectivity index (χ0) is 13.1. The molecule has 1 atom stereocenters. The number of rotatable bonds is 4. The van der Waals surface area contributed by atoms with E-state index < -0.39 is 16.1 Å². The third kappa shape index (κ3) is 3.17. The van der Waals surface area contributed by atoms with Crippen molar-refractivity contribution in [3.05, 3.63) is 23.8 Å². The maximum atomic E-state index is 11.9. The second kappa shape index (κ2) is 5.14. The molecule has 0 saturated heterocycles. The van der Waals surface area contributed by atoms with Gasteiger partial charge in [0, 0.05) is 11.7 Å². The van der Waals surface area contributed by atoms with E-state index in [2.05, 4.69) is 4.72 Å². The molecule has 0 saturated carbocycles. The van der Waals surface area contributed by atoms with Gasteiger partial charge in [-0.05, 0) is 25.1 Å². The van der Waals surface area contributed by atoms with Gasteiger partial charge in [-0.3, -0.25) is 0 Å². The average Bonchev–Trinajstić information content (AvgIpc) is 2.27. The van der Waals surface area contributed by atoms with Gasteiger partial charge in [0.15, 0.2) is 0 Å². The van der Waals surface area contributed by atoms with E-state index in [1.54, 1.807) is 6.07 Å². The fraction of sp³-hybridized carbons (Fsp3) is 0.300. The normalized spacial score (nSPS) is 13.0. The van der Waals surface area contributed by atoms with E-state index in [9.17, 15) is 8.42 Å². The first-order chi connectivity index (χ1) is 7.90. The predicted octanol–water partition coefficient (Wildman–Crippen LogP) is -0.200. The molecule has 0 fully saturated rings. The lowest BCUT2D eigenvalue weighted by Gasteiger charge is -2.12. The number of sulfonamides is 1. The Balaban J connectivity index is 3.21. The topological polar surface area (TPSA) is 116 Å². The lowest BCUT2D eigenvalue weighted by atomic mass is 10.2. The molecule has 0 aromatic heterocycles. The Morgan fingerprint density at radius 1 is 1.59 bits per heavy atom. The molecular weight excluding hydrogens is 242 g/mol. The van der Waals surface area contributed by atoms with Crippen LogP contribution in [0.25, 0.3) is 0 Å². The summed E-state index contributed by atoms with van der Waals surface area (Å²) in [5, 5.41) is 17.7. The van der Waals surface area contributed by atoms with Gasteiger partial charge < -0.3 is 10.8 Å². The Morgan fingerprint density at radius 3 is 2.76 bits per heavy atom. The van der Waals surface area contributed by atoms with Crippen molar-refractivity contribution in [1.29, 1.82) is 5.26 Å². The van der Waals surface area contributed by atoms with Crippen LogP contribution in [0.2, 0.25) is 0 Å². The van der Waals surface area contributed by atoms with E-state index in [0.717, 1.165) is 0 Å². The fourth-order valence-corrected chi connectivity index (χ4v) is 2.61. The van der Waals surface area contributed by atoms with Crippen molar-refractivity contribution in [2.45, 2.75) is 17.9 Å². The molecule has 17 heavy (non-hydrogen) atoms. The summed E-state index contributed by atoms with van der Waals surface area (Å²) in [4.78, 5) is -0.144. The summed E-state index contributed by atoms with van der Waals surface area (Å²) in [5.74, 6) is 0. The Kier molecular flexibility index (Phi) is 4.07. The molecule has 1 aromatic rings. The van der Waals surface area contributed by atoms with Gasteiger partial charge in [-0.15, -0.1) is 0 Å². The molecule has 1 rings (SSSR count). The van der Waals surface area contributed by atoms with E-state index in [1.807, 2.05) is 0 Å². The number of nitrogens with zero attached hydrogens (tertiary/aromatic N) is 1. The number of hydrogen-bond donors (Lipinski definition) is 3. The van der Waals surface area contributed by atoms with E-state index in [-0.39, 0.29) is 17.1 Å².